The third-order valence-corrected chi connectivity index (χ3v) is 2.72. The Bertz CT molecular complexity index is 517. The molecule has 0 fully saturated rings. The molecule has 0 radical (unpaired) electrons. The number of allylic oxidation sites excluding steroid dienone is 1. The maximum absolute atomic E-state index is 13.9. The van der Waals surface area contributed by atoms with Crippen LogP contribution in [0, 0.1) is 11.6 Å². The van der Waals surface area contributed by atoms with Crippen LogP contribution in [-0.4, -0.2) is 25.0 Å². The van der Waals surface area contributed by atoms with E-state index in [1.54, 1.807) is 6.92 Å². The van der Waals surface area contributed by atoms with Gasteiger partial charge in [-0.1, -0.05) is 15.9 Å². The van der Waals surface area contributed by atoms with E-state index in [4.69, 9.17) is 9.47 Å². The Labute approximate surface area is 123 Å². The number of hydrogen-bond acceptors (Lipinski definition) is 4. The quantitative estimate of drug-likeness (QED) is 0.342. The fourth-order valence-electron chi connectivity index (χ4n) is 1.31. The lowest BCUT2D eigenvalue weighted by Gasteiger charge is -2.11. The number of esters is 1. The molecule has 0 amide bonds. The molecule has 0 saturated heterocycles. The molecule has 1 aromatic rings. The van der Waals surface area contributed by atoms with Crippen molar-refractivity contribution in [3.8, 4) is 11.5 Å². The maximum atomic E-state index is 13.9. The second-order valence-corrected chi connectivity index (χ2v) is 4.05. The van der Waals surface area contributed by atoms with Crippen molar-refractivity contribution in [2.75, 3.05) is 19.0 Å². The molecule has 7 heteroatoms. The van der Waals surface area contributed by atoms with Crippen molar-refractivity contribution in [3.63, 3.8) is 0 Å². The second kappa shape index (κ2) is 7.84. The zero-order valence-electron chi connectivity index (χ0n) is 10.9. The van der Waals surface area contributed by atoms with Crippen LogP contribution in [0.3, 0.4) is 0 Å². The van der Waals surface area contributed by atoms with E-state index >= 15 is 0 Å². The van der Waals surface area contributed by atoms with Crippen LogP contribution >= 0.6 is 15.9 Å². The molecule has 0 aliphatic rings. The van der Waals surface area contributed by atoms with Gasteiger partial charge in [0.1, 0.15) is 5.76 Å². The van der Waals surface area contributed by atoms with Gasteiger partial charge in [-0.2, -0.15) is 4.39 Å². The molecule has 0 bridgehead atoms. The Morgan fingerprint density at radius 1 is 1.40 bits per heavy atom. The number of benzene rings is 1. The summed E-state index contributed by atoms with van der Waals surface area (Å²) >= 11 is 3.06. The van der Waals surface area contributed by atoms with Gasteiger partial charge in [0.05, 0.1) is 25.1 Å². The summed E-state index contributed by atoms with van der Waals surface area (Å²) in [6.07, 6.45) is 1.01. The Kier molecular flexibility index (Phi) is 6.44. The molecule has 1 rings (SSSR count). The highest BCUT2D eigenvalue weighted by atomic mass is 79.9. The van der Waals surface area contributed by atoms with Crippen LogP contribution in [0.5, 0.6) is 11.5 Å². The van der Waals surface area contributed by atoms with Gasteiger partial charge in [-0.3, -0.25) is 0 Å². The van der Waals surface area contributed by atoms with Crippen molar-refractivity contribution in [3.05, 3.63) is 35.6 Å². The summed E-state index contributed by atoms with van der Waals surface area (Å²) < 4.78 is 41.9. The number of ether oxygens (including phenoxy) is 3. The minimum Gasteiger partial charge on any atom is -0.494 e. The highest BCUT2D eigenvalue weighted by Gasteiger charge is 2.17. The van der Waals surface area contributed by atoms with Crippen molar-refractivity contribution in [1.29, 1.82) is 0 Å². The summed E-state index contributed by atoms with van der Waals surface area (Å²) in [6, 6.07) is 2.15. The third-order valence-electron chi connectivity index (χ3n) is 2.16. The SMILES string of the molecule is CCOC(=O)/C=C(\CBr)Oc1c(F)ccc(OC)c1F. The summed E-state index contributed by atoms with van der Waals surface area (Å²) in [5, 5.41) is 0.0852. The molecular formula is C13H13BrF2O4. The van der Waals surface area contributed by atoms with Gasteiger partial charge in [-0.05, 0) is 19.1 Å². The zero-order valence-corrected chi connectivity index (χ0v) is 12.5. The molecule has 0 heterocycles. The van der Waals surface area contributed by atoms with Gasteiger partial charge in [0, 0.05) is 0 Å². The van der Waals surface area contributed by atoms with E-state index in [1.165, 1.54) is 7.11 Å². The van der Waals surface area contributed by atoms with Crippen molar-refractivity contribution < 1.29 is 27.8 Å². The minimum atomic E-state index is -0.983. The summed E-state index contributed by atoms with van der Waals surface area (Å²) in [6.45, 7) is 1.83. The predicted octanol–water partition coefficient (Wildman–Crippen LogP) is 3.19. The zero-order chi connectivity index (χ0) is 15.1. The monoisotopic (exact) mass is 350 g/mol. The standard InChI is InChI=1S/C13H13BrF2O4/c1-3-19-11(17)6-8(7-14)20-13-9(15)4-5-10(18-2)12(13)16/h4-6H,3,7H2,1-2H3/b8-6+. The maximum Gasteiger partial charge on any atom is 0.334 e. The first-order chi connectivity index (χ1) is 9.53. The fourth-order valence-corrected chi connectivity index (χ4v) is 1.58. The summed E-state index contributed by atoms with van der Waals surface area (Å²) in [7, 11) is 1.25. The number of hydrogen-bond donors (Lipinski definition) is 0. The van der Waals surface area contributed by atoms with Gasteiger partial charge in [0.15, 0.2) is 11.6 Å². The largest absolute Gasteiger partial charge is 0.494 e. The average molecular weight is 351 g/mol. The Balaban J connectivity index is 3.04. The first kappa shape index (κ1) is 16.4. The molecule has 0 N–H and O–H groups in total. The van der Waals surface area contributed by atoms with Crippen LogP contribution in [0.1, 0.15) is 6.92 Å². The smallest absolute Gasteiger partial charge is 0.334 e. The second-order valence-electron chi connectivity index (χ2n) is 3.49. The lowest BCUT2D eigenvalue weighted by molar-refractivity contribution is -0.137. The molecule has 0 spiro atoms. The van der Waals surface area contributed by atoms with Crippen LogP contribution in [-0.2, 0) is 9.53 Å². The number of rotatable bonds is 6. The molecule has 0 atom stereocenters. The molecular weight excluding hydrogens is 338 g/mol. The van der Waals surface area contributed by atoms with E-state index in [-0.39, 0.29) is 23.4 Å². The number of methoxy groups -OCH3 is 1. The lowest BCUT2D eigenvalue weighted by Crippen LogP contribution is -2.07. The third kappa shape index (κ3) is 4.19. The van der Waals surface area contributed by atoms with E-state index in [2.05, 4.69) is 20.7 Å². The van der Waals surface area contributed by atoms with Crippen LogP contribution < -0.4 is 9.47 Å². The lowest BCUT2D eigenvalue weighted by atomic mass is 10.3. The molecule has 4 nitrogen and oxygen atoms in total. The number of carbonyl (C=O) groups is 1. The molecule has 0 aromatic heterocycles. The number of halogens is 3. The van der Waals surface area contributed by atoms with Crippen LogP contribution in [0.2, 0.25) is 0 Å². The minimum absolute atomic E-state index is 0.00880. The van der Waals surface area contributed by atoms with Gasteiger partial charge in [0.2, 0.25) is 11.6 Å². The van der Waals surface area contributed by atoms with E-state index in [0.717, 1.165) is 18.2 Å². The number of alkyl halides is 1. The molecule has 0 unspecified atom stereocenters. The Morgan fingerprint density at radius 2 is 2.10 bits per heavy atom. The van der Waals surface area contributed by atoms with E-state index < -0.39 is 23.4 Å². The van der Waals surface area contributed by atoms with Crippen molar-refractivity contribution >= 4 is 21.9 Å². The van der Waals surface area contributed by atoms with E-state index in [9.17, 15) is 13.6 Å². The molecule has 110 valence electrons. The van der Waals surface area contributed by atoms with Crippen LogP contribution in [0.25, 0.3) is 0 Å². The van der Waals surface area contributed by atoms with Crippen LogP contribution in [0.4, 0.5) is 8.78 Å². The molecule has 20 heavy (non-hydrogen) atoms. The van der Waals surface area contributed by atoms with Gasteiger partial charge in [-0.15, -0.1) is 0 Å². The molecule has 0 aliphatic carbocycles. The van der Waals surface area contributed by atoms with Crippen LogP contribution in [0.15, 0.2) is 24.0 Å². The summed E-state index contributed by atoms with van der Waals surface area (Å²) in [5.41, 5.74) is 0. The predicted molar refractivity (Wildman–Crippen MR) is 72.0 cm³/mol. The molecule has 0 saturated carbocycles. The number of carbonyl (C=O) groups excluding carboxylic acids is 1. The fraction of sp³-hybridized carbons (Fsp3) is 0.308. The normalized spacial score (nSPS) is 11.2. The van der Waals surface area contributed by atoms with Gasteiger partial charge >= 0.3 is 5.97 Å². The van der Waals surface area contributed by atoms with Crippen molar-refractivity contribution in [2.45, 2.75) is 6.92 Å². The highest BCUT2D eigenvalue weighted by molar-refractivity contribution is 9.09. The van der Waals surface area contributed by atoms with Gasteiger partial charge in [0.25, 0.3) is 0 Å². The molecule has 0 aliphatic heterocycles. The van der Waals surface area contributed by atoms with Gasteiger partial charge < -0.3 is 14.2 Å². The molecule has 1 aromatic carbocycles. The topological polar surface area (TPSA) is 44.8 Å². The Morgan fingerprint density at radius 3 is 2.65 bits per heavy atom. The summed E-state index contributed by atoms with van der Waals surface area (Å²) in [4.78, 5) is 11.3. The summed E-state index contributed by atoms with van der Waals surface area (Å²) in [5.74, 6) is -3.34. The van der Waals surface area contributed by atoms with Crippen molar-refractivity contribution in [1.82, 2.24) is 0 Å². The first-order valence-electron chi connectivity index (χ1n) is 5.66. The highest BCUT2D eigenvalue weighted by Crippen LogP contribution is 2.30. The van der Waals surface area contributed by atoms with Crippen molar-refractivity contribution in [2.24, 2.45) is 0 Å². The first-order valence-corrected chi connectivity index (χ1v) is 6.78. The van der Waals surface area contributed by atoms with Gasteiger partial charge in [-0.25, -0.2) is 9.18 Å². The Hall–Kier alpha value is -1.63. The average Bonchev–Trinajstić information content (AvgIpc) is 2.42. The van der Waals surface area contributed by atoms with E-state index in [0.29, 0.717) is 0 Å². The van der Waals surface area contributed by atoms with E-state index in [1.807, 2.05) is 0 Å².